The third kappa shape index (κ3) is 1.55. The third-order valence-electron chi connectivity index (χ3n) is 3.13. The molecule has 0 bridgehead atoms. The van der Waals surface area contributed by atoms with Gasteiger partial charge in [0.2, 0.25) is 0 Å². The summed E-state index contributed by atoms with van der Waals surface area (Å²) in [6.45, 7) is 1.88. The molecule has 4 nitrogen and oxygen atoms in total. The summed E-state index contributed by atoms with van der Waals surface area (Å²) in [6.07, 6.45) is 4.65. The smallest absolute Gasteiger partial charge is 0.138 e. The molecule has 1 aliphatic rings. The fourth-order valence-corrected chi connectivity index (χ4v) is 2.16. The second-order valence-corrected chi connectivity index (χ2v) is 4.18. The molecule has 3 N–H and O–H groups in total. The molecule has 0 saturated heterocycles. The third-order valence-corrected chi connectivity index (χ3v) is 3.13. The first-order chi connectivity index (χ1) is 6.62. The maximum absolute atomic E-state index is 9.41. The summed E-state index contributed by atoms with van der Waals surface area (Å²) in [6, 6.07) is 0. The van der Waals surface area contributed by atoms with Gasteiger partial charge in [-0.15, -0.1) is 0 Å². The Morgan fingerprint density at radius 2 is 2.21 bits per heavy atom. The fourth-order valence-electron chi connectivity index (χ4n) is 2.16. The number of nitrogens with zero attached hydrogens (tertiary/aromatic N) is 1. The summed E-state index contributed by atoms with van der Waals surface area (Å²) in [7, 11) is 0. The number of rotatable bonds is 1. The molecule has 1 aromatic rings. The molecule has 1 aromatic heterocycles. The molecule has 0 unspecified atom stereocenters. The van der Waals surface area contributed by atoms with Crippen molar-refractivity contribution in [1.29, 1.82) is 0 Å². The summed E-state index contributed by atoms with van der Waals surface area (Å²) in [5.41, 5.74) is 6.92. The van der Waals surface area contributed by atoms with Gasteiger partial charge in [0.15, 0.2) is 0 Å². The summed E-state index contributed by atoms with van der Waals surface area (Å²) in [4.78, 5) is 0. The molecule has 1 saturated carbocycles. The topological polar surface area (TPSA) is 72.3 Å². The first kappa shape index (κ1) is 9.68. The van der Waals surface area contributed by atoms with Crippen LogP contribution < -0.4 is 5.73 Å². The van der Waals surface area contributed by atoms with Gasteiger partial charge in [0.05, 0.1) is 12.3 Å². The number of aromatic nitrogens is 1. The van der Waals surface area contributed by atoms with Crippen LogP contribution in [0.5, 0.6) is 0 Å². The predicted octanol–water partition coefficient (Wildman–Crippen LogP) is 1.07. The molecule has 1 heterocycles. The summed E-state index contributed by atoms with van der Waals surface area (Å²) in [5.74, 6) is 0.795. The minimum absolute atomic E-state index is 0.188. The van der Waals surface area contributed by atoms with Gasteiger partial charge >= 0.3 is 0 Å². The van der Waals surface area contributed by atoms with Crippen LogP contribution in [-0.4, -0.2) is 16.4 Å². The van der Waals surface area contributed by atoms with Crippen molar-refractivity contribution in [2.75, 3.05) is 0 Å². The molecule has 1 fully saturated rings. The summed E-state index contributed by atoms with van der Waals surface area (Å²) >= 11 is 0. The van der Waals surface area contributed by atoms with Crippen molar-refractivity contribution in [1.82, 2.24) is 5.16 Å². The lowest BCUT2D eigenvalue weighted by Crippen LogP contribution is -2.41. The minimum Gasteiger partial charge on any atom is -0.393 e. The molecule has 0 aromatic carbocycles. The molecule has 0 atom stereocenters. The van der Waals surface area contributed by atoms with Crippen LogP contribution in [0.3, 0.4) is 0 Å². The predicted molar refractivity (Wildman–Crippen MR) is 51.6 cm³/mol. The number of hydrogen-bond donors (Lipinski definition) is 2. The lowest BCUT2D eigenvalue weighted by Gasteiger charge is -2.34. The monoisotopic (exact) mass is 196 g/mol. The van der Waals surface area contributed by atoms with Gasteiger partial charge in [0.1, 0.15) is 5.76 Å². The molecule has 0 amide bonds. The van der Waals surface area contributed by atoms with Crippen molar-refractivity contribution in [3.05, 3.63) is 17.5 Å². The number of hydrogen-bond acceptors (Lipinski definition) is 4. The second kappa shape index (κ2) is 3.37. The number of aliphatic hydroxyl groups is 1. The second-order valence-electron chi connectivity index (χ2n) is 4.18. The van der Waals surface area contributed by atoms with Crippen molar-refractivity contribution >= 4 is 0 Å². The number of nitrogens with two attached hydrogens (primary N) is 1. The molecule has 78 valence electrons. The molecular formula is C10H16N2O2. The van der Waals surface area contributed by atoms with Gasteiger partial charge in [0, 0.05) is 11.1 Å². The molecule has 1 aliphatic carbocycles. The lowest BCUT2D eigenvalue weighted by molar-refractivity contribution is 0.0964. The van der Waals surface area contributed by atoms with Crippen LogP contribution in [0.4, 0.5) is 0 Å². The maximum Gasteiger partial charge on any atom is 0.138 e. The van der Waals surface area contributed by atoms with E-state index in [1.54, 1.807) is 6.20 Å². The zero-order valence-corrected chi connectivity index (χ0v) is 8.36. The highest BCUT2D eigenvalue weighted by atomic mass is 16.5. The Bertz CT molecular complexity index is 314. The Morgan fingerprint density at radius 3 is 2.71 bits per heavy atom. The van der Waals surface area contributed by atoms with Crippen molar-refractivity contribution in [2.45, 2.75) is 44.2 Å². The molecule has 0 aliphatic heterocycles. The van der Waals surface area contributed by atoms with Crippen LogP contribution in [0.15, 0.2) is 10.7 Å². The Kier molecular flexibility index (Phi) is 2.33. The van der Waals surface area contributed by atoms with Crippen molar-refractivity contribution in [3.63, 3.8) is 0 Å². The highest BCUT2D eigenvalue weighted by Gasteiger charge is 2.35. The first-order valence-electron chi connectivity index (χ1n) is 5.00. The highest BCUT2D eigenvalue weighted by Crippen LogP contribution is 2.36. The zero-order valence-electron chi connectivity index (χ0n) is 8.36. The van der Waals surface area contributed by atoms with E-state index < -0.39 is 0 Å². The van der Waals surface area contributed by atoms with Gasteiger partial charge in [-0.25, -0.2) is 0 Å². The van der Waals surface area contributed by atoms with Gasteiger partial charge < -0.3 is 15.4 Å². The molecular weight excluding hydrogens is 180 g/mol. The minimum atomic E-state index is -0.344. The van der Waals surface area contributed by atoms with Crippen LogP contribution in [0.25, 0.3) is 0 Å². The quantitative estimate of drug-likeness (QED) is 0.704. The van der Waals surface area contributed by atoms with Crippen molar-refractivity contribution in [2.24, 2.45) is 5.73 Å². The van der Waals surface area contributed by atoms with E-state index in [-0.39, 0.29) is 11.6 Å². The first-order valence-corrected chi connectivity index (χ1v) is 5.00. The zero-order chi connectivity index (χ0) is 10.2. The van der Waals surface area contributed by atoms with E-state index in [9.17, 15) is 5.11 Å². The van der Waals surface area contributed by atoms with E-state index in [4.69, 9.17) is 10.3 Å². The Morgan fingerprint density at radius 1 is 1.57 bits per heavy atom. The van der Waals surface area contributed by atoms with Gasteiger partial charge in [-0.05, 0) is 32.6 Å². The van der Waals surface area contributed by atoms with E-state index in [0.29, 0.717) is 0 Å². The van der Waals surface area contributed by atoms with E-state index in [1.165, 1.54) is 0 Å². The Hall–Kier alpha value is -0.870. The van der Waals surface area contributed by atoms with Gasteiger partial charge in [0.25, 0.3) is 0 Å². The van der Waals surface area contributed by atoms with Crippen molar-refractivity contribution < 1.29 is 9.63 Å². The molecule has 0 radical (unpaired) electrons. The lowest BCUT2D eigenvalue weighted by atomic mass is 9.77. The van der Waals surface area contributed by atoms with Gasteiger partial charge in [-0.3, -0.25) is 0 Å². The molecule has 4 heteroatoms. The maximum atomic E-state index is 9.41. The van der Waals surface area contributed by atoms with E-state index in [1.807, 2.05) is 6.92 Å². The van der Waals surface area contributed by atoms with Crippen LogP contribution in [0, 0.1) is 6.92 Å². The van der Waals surface area contributed by atoms with Crippen LogP contribution in [0.2, 0.25) is 0 Å². The van der Waals surface area contributed by atoms with E-state index in [2.05, 4.69) is 5.16 Å². The molecule has 2 rings (SSSR count). The van der Waals surface area contributed by atoms with Gasteiger partial charge in [-0.1, -0.05) is 5.16 Å². The average Bonchev–Trinajstić information content (AvgIpc) is 2.58. The highest BCUT2D eigenvalue weighted by molar-refractivity contribution is 5.23. The Balaban J connectivity index is 2.21. The van der Waals surface area contributed by atoms with Gasteiger partial charge in [-0.2, -0.15) is 0 Å². The van der Waals surface area contributed by atoms with Crippen molar-refractivity contribution in [3.8, 4) is 0 Å². The largest absolute Gasteiger partial charge is 0.393 e. The average molecular weight is 196 g/mol. The van der Waals surface area contributed by atoms with Crippen LogP contribution in [-0.2, 0) is 5.54 Å². The van der Waals surface area contributed by atoms with E-state index >= 15 is 0 Å². The number of aryl methyl sites for hydroxylation is 1. The number of aliphatic hydroxyl groups excluding tert-OH is 1. The molecule has 0 spiro atoms. The summed E-state index contributed by atoms with van der Waals surface area (Å²) in [5, 5.41) is 13.2. The normalized spacial score (nSPS) is 33.2. The van der Waals surface area contributed by atoms with Crippen LogP contribution >= 0.6 is 0 Å². The van der Waals surface area contributed by atoms with E-state index in [0.717, 1.165) is 37.0 Å². The van der Waals surface area contributed by atoms with Crippen LogP contribution in [0.1, 0.15) is 37.0 Å². The summed E-state index contributed by atoms with van der Waals surface area (Å²) < 4.78 is 5.02. The standard InChI is InChI=1S/C10H16N2O2/c1-7-9(6-12-14-7)10(11)4-2-8(13)3-5-10/h6,8,13H,2-5,11H2,1H3. The Labute approximate surface area is 83.1 Å². The SMILES string of the molecule is Cc1oncc1C1(N)CCC(O)CC1. The molecule has 14 heavy (non-hydrogen) atoms. The fraction of sp³-hybridized carbons (Fsp3) is 0.700.